The summed E-state index contributed by atoms with van der Waals surface area (Å²) >= 11 is 1.18. The van der Waals surface area contributed by atoms with Crippen LogP contribution in [-0.2, 0) is 16.4 Å². The standard InChI is InChI=1S/C13H16FN3O2S2/c1-8(2)6-12-15-16-13(20-12)17-21(18,19)10-5-4-9(3)11(14)7-10/h4-5,7-8H,6H2,1-3H3,(H,16,17). The van der Waals surface area contributed by atoms with Crippen LogP contribution in [0.3, 0.4) is 0 Å². The second-order valence-corrected chi connectivity index (χ2v) is 7.86. The topological polar surface area (TPSA) is 72.0 Å². The third-order valence-corrected chi connectivity index (χ3v) is 5.05. The van der Waals surface area contributed by atoms with Crippen LogP contribution in [-0.4, -0.2) is 18.6 Å². The minimum Gasteiger partial charge on any atom is -0.253 e. The van der Waals surface area contributed by atoms with E-state index in [4.69, 9.17) is 0 Å². The maximum Gasteiger partial charge on any atom is 0.263 e. The molecule has 0 amide bonds. The lowest BCUT2D eigenvalue weighted by molar-refractivity contribution is 0.593. The minimum absolute atomic E-state index is 0.133. The van der Waals surface area contributed by atoms with Gasteiger partial charge in [0.05, 0.1) is 4.90 Å². The summed E-state index contributed by atoms with van der Waals surface area (Å²) in [6.07, 6.45) is 0.735. The normalized spacial score (nSPS) is 11.9. The van der Waals surface area contributed by atoms with Crippen molar-refractivity contribution in [1.82, 2.24) is 10.2 Å². The third-order valence-electron chi connectivity index (χ3n) is 2.72. The van der Waals surface area contributed by atoms with Gasteiger partial charge in [0.25, 0.3) is 10.0 Å². The highest BCUT2D eigenvalue weighted by Gasteiger charge is 2.18. The van der Waals surface area contributed by atoms with Gasteiger partial charge in [0.1, 0.15) is 10.8 Å². The number of hydrogen-bond donors (Lipinski definition) is 1. The number of nitrogens with one attached hydrogen (secondary N) is 1. The van der Waals surface area contributed by atoms with Gasteiger partial charge in [-0.3, -0.25) is 4.72 Å². The van der Waals surface area contributed by atoms with Crippen LogP contribution in [0.2, 0.25) is 0 Å². The maximum atomic E-state index is 13.5. The predicted molar refractivity (Wildman–Crippen MR) is 80.4 cm³/mol. The molecular weight excluding hydrogens is 313 g/mol. The number of aryl methyl sites for hydroxylation is 1. The van der Waals surface area contributed by atoms with E-state index < -0.39 is 15.8 Å². The molecule has 21 heavy (non-hydrogen) atoms. The van der Waals surface area contributed by atoms with E-state index in [1.54, 1.807) is 6.92 Å². The lowest BCUT2D eigenvalue weighted by atomic mass is 10.1. The average Bonchev–Trinajstić information content (AvgIpc) is 2.78. The van der Waals surface area contributed by atoms with Crippen molar-refractivity contribution in [2.24, 2.45) is 5.92 Å². The van der Waals surface area contributed by atoms with Crippen molar-refractivity contribution in [1.29, 1.82) is 0 Å². The molecule has 0 aliphatic heterocycles. The summed E-state index contributed by atoms with van der Waals surface area (Å²) in [4.78, 5) is -0.133. The molecule has 0 aliphatic rings. The molecule has 0 unspecified atom stereocenters. The molecule has 1 heterocycles. The first kappa shape index (κ1) is 15.8. The highest BCUT2D eigenvalue weighted by molar-refractivity contribution is 7.93. The average molecular weight is 329 g/mol. The van der Waals surface area contributed by atoms with E-state index in [9.17, 15) is 12.8 Å². The van der Waals surface area contributed by atoms with E-state index >= 15 is 0 Å². The maximum absolute atomic E-state index is 13.5. The van der Waals surface area contributed by atoms with Crippen LogP contribution in [0.25, 0.3) is 0 Å². The molecule has 1 aromatic carbocycles. The molecule has 0 aliphatic carbocycles. The van der Waals surface area contributed by atoms with E-state index in [-0.39, 0.29) is 10.0 Å². The molecule has 0 atom stereocenters. The number of anilines is 1. The van der Waals surface area contributed by atoms with Crippen LogP contribution < -0.4 is 4.72 Å². The molecule has 1 N–H and O–H groups in total. The SMILES string of the molecule is Cc1ccc(S(=O)(=O)Nc2nnc(CC(C)C)s2)cc1F. The van der Waals surface area contributed by atoms with Crippen molar-refractivity contribution in [3.8, 4) is 0 Å². The number of rotatable bonds is 5. The fourth-order valence-corrected chi connectivity index (χ4v) is 3.83. The summed E-state index contributed by atoms with van der Waals surface area (Å²) in [5, 5.41) is 8.69. The van der Waals surface area contributed by atoms with Crippen molar-refractivity contribution >= 4 is 26.5 Å². The van der Waals surface area contributed by atoms with Crippen molar-refractivity contribution in [3.63, 3.8) is 0 Å². The Morgan fingerprint density at radius 3 is 2.67 bits per heavy atom. The van der Waals surface area contributed by atoms with Crippen molar-refractivity contribution in [2.45, 2.75) is 32.1 Å². The van der Waals surface area contributed by atoms with Gasteiger partial charge in [-0.15, -0.1) is 10.2 Å². The van der Waals surface area contributed by atoms with Crippen LogP contribution in [0, 0.1) is 18.7 Å². The Bertz CT molecular complexity index is 742. The predicted octanol–water partition coefficient (Wildman–Crippen LogP) is 2.98. The zero-order chi connectivity index (χ0) is 15.6. The van der Waals surface area contributed by atoms with Gasteiger partial charge in [-0.05, 0) is 30.5 Å². The highest BCUT2D eigenvalue weighted by atomic mass is 32.2. The van der Waals surface area contributed by atoms with Crippen LogP contribution >= 0.6 is 11.3 Å². The molecule has 0 bridgehead atoms. The molecular formula is C13H16FN3O2S2. The number of nitrogens with zero attached hydrogens (tertiary/aromatic N) is 2. The Morgan fingerprint density at radius 1 is 1.33 bits per heavy atom. The number of aromatic nitrogens is 2. The quantitative estimate of drug-likeness (QED) is 0.915. The van der Waals surface area contributed by atoms with Gasteiger partial charge in [-0.1, -0.05) is 31.3 Å². The zero-order valence-electron chi connectivity index (χ0n) is 11.9. The summed E-state index contributed by atoms with van der Waals surface area (Å²) in [6, 6.07) is 3.78. The van der Waals surface area contributed by atoms with E-state index in [1.807, 2.05) is 13.8 Å². The lowest BCUT2D eigenvalue weighted by Crippen LogP contribution is -2.13. The molecule has 114 valence electrons. The second kappa shape index (κ2) is 6.07. The van der Waals surface area contributed by atoms with Gasteiger partial charge in [0.15, 0.2) is 0 Å². The number of benzene rings is 1. The number of sulfonamides is 1. The van der Waals surface area contributed by atoms with Crippen LogP contribution in [0.15, 0.2) is 23.1 Å². The number of halogens is 1. The zero-order valence-corrected chi connectivity index (χ0v) is 13.6. The Labute approximate surface area is 127 Å². The highest BCUT2D eigenvalue weighted by Crippen LogP contribution is 2.22. The summed E-state index contributed by atoms with van der Waals surface area (Å²) in [5.41, 5.74) is 0.393. The van der Waals surface area contributed by atoms with Gasteiger partial charge < -0.3 is 0 Å². The van der Waals surface area contributed by atoms with Crippen LogP contribution in [0.5, 0.6) is 0 Å². The van der Waals surface area contributed by atoms with Crippen LogP contribution in [0.1, 0.15) is 24.4 Å². The van der Waals surface area contributed by atoms with Gasteiger partial charge >= 0.3 is 0 Å². The van der Waals surface area contributed by atoms with Crippen molar-refractivity contribution in [3.05, 3.63) is 34.6 Å². The smallest absolute Gasteiger partial charge is 0.253 e. The largest absolute Gasteiger partial charge is 0.263 e. The molecule has 1 aromatic heterocycles. The summed E-state index contributed by atoms with van der Waals surface area (Å²) in [5.74, 6) is -0.149. The lowest BCUT2D eigenvalue weighted by Gasteiger charge is -2.05. The van der Waals surface area contributed by atoms with Crippen molar-refractivity contribution in [2.75, 3.05) is 4.72 Å². The van der Waals surface area contributed by atoms with Gasteiger partial charge in [0.2, 0.25) is 5.13 Å². The first-order valence-corrected chi connectivity index (χ1v) is 8.69. The van der Waals surface area contributed by atoms with E-state index in [0.29, 0.717) is 11.5 Å². The van der Waals surface area contributed by atoms with E-state index in [1.165, 1.54) is 23.5 Å². The Hall–Kier alpha value is -1.54. The number of hydrogen-bond acceptors (Lipinski definition) is 5. The molecule has 5 nitrogen and oxygen atoms in total. The minimum atomic E-state index is -3.85. The van der Waals surface area contributed by atoms with Gasteiger partial charge in [0, 0.05) is 6.42 Å². The monoisotopic (exact) mass is 329 g/mol. The molecule has 8 heteroatoms. The summed E-state index contributed by atoms with van der Waals surface area (Å²) in [7, 11) is -3.85. The van der Waals surface area contributed by atoms with E-state index in [2.05, 4.69) is 14.9 Å². The Kier molecular flexibility index (Phi) is 4.58. The summed E-state index contributed by atoms with van der Waals surface area (Å²) in [6.45, 7) is 5.66. The first-order valence-electron chi connectivity index (χ1n) is 6.39. The molecule has 0 saturated heterocycles. The van der Waals surface area contributed by atoms with E-state index in [0.717, 1.165) is 17.5 Å². The molecule has 0 fully saturated rings. The molecule has 0 radical (unpaired) electrons. The molecule has 0 spiro atoms. The van der Waals surface area contributed by atoms with Crippen LogP contribution in [0.4, 0.5) is 9.52 Å². The Balaban J connectivity index is 2.20. The first-order chi connectivity index (χ1) is 9.78. The van der Waals surface area contributed by atoms with Gasteiger partial charge in [-0.2, -0.15) is 0 Å². The van der Waals surface area contributed by atoms with Gasteiger partial charge in [-0.25, -0.2) is 12.8 Å². The summed E-state index contributed by atoms with van der Waals surface area (Å²) < 4.78 is 40.1. The fraction of sp³-hybridized carbons (Fsp3) is 0.385. The molecule has 2 rings (SSSR count). The molecule has 0 saturated carbocycles. The second-order valence-electron chi connectivity index (χ2n) is 5.12. The fourth-order valence-electron chi connectivity index (χ4n) is 1.64. The Morgan fingerprint density at radius 2 is 2.05 bits per heavy atom. The molecule has 2 aromatic rings. The van der Waals surface area contributed by atoms with Crippen molar-refractivity contribution < 1.29 is 12.8 Å². The third kappa shape index (κ3) is 3.98.